The third-order valence-corrected chi connectivity index (χ3v) is 3.86. The Bertz CT molecular complexity index is 671. The Hall–Kier alpha value is -2.37. The van der Waals surface area contributed by atoms with Gasteiger partial charge in [0.1, 0.15) is 0 Å². The molecule has 2 aromatic heterocycles. The molecule has 0 aromatic carbocycles. The lowest BCUT2D eigenvalue weighted by Gasteiger charge is -2.12. The fourth-order valence-electron chi connectivity index (χ4n) is 2.34. The van der Waals surface area contributed by atoms with Crippen LogP contribution in [0.3, 0.4) is 0 Å². The summed E-state index contributed by atoms with van der Waals surface area (Å²) in [4.78, 5) is 8.63. The van der Waals surface area contributed by atoms with Crippen LogP contribution in [0.1, 0.15) is 28.2 Å². The third kappa shape index (κ3) is 3.63. The van der Waals surface area contributed by atoms with Crippen molar-refractivity contribution in [2.24, 2.45) is 12.0 Å². The summed E-state index contributed by atoms with van der Waals surface area (Å²) in [5, 5.41) is 11.0. The van der Waals surface area contributed by atoms with E-state index in [1.165, 1.54) is 16.8 Å². The van der Waals surface area contributed by atoms with Gasteiger partial charge in [-0.2, -0.15) is 5.10 Å². The molecule has 0 bridgehead atoms. The average molecular weight is 300 g/mol. The molecule has 0 saturated heterocycles. The minimum atomic E-state index is 0.650. The molecule has 2 heterocycles. The molecule has 0 atom stereocenters. The molecule has 0 amide bonds. The van der Waals surface area contributed by atoms with Gasteiger partial charge in [0.2, 0.25) is 0 Å². The van der Waals surface area contributed by atoms with Crippen molar-refractivity contribution in [2.75, 3.05) is 7.05 Å². The van der Waals surface area contributed by atoms with Gasteiger partial charge >= 0.3 is 0 Å². The summed E-state index contributed by atoms with van der Waals surface area (Å²) < 4.78 is 1.90. The van der Waals surface area contributed by atoms with Crippen molar-refractivity contribution in [1.82, 2.24) is 25.4 Å². The van der Waals surface area contributed by atoms with Crippen LogP contribution >= 0.6 is 0 Å². The second kappa shape index (κ2) is 7.06. The Balaban J connectivity index is 1.95. The number of aromatic nitrogens is 3. The van der Waals surface area contributed by atoms with E-state index >= 15 is 0 Å². The van der Waals surface area contributed by atoms with Crippen molar-refractivity contribution in [1.29, 1.82) is 0 Å². The molecule has 2 N–H and O–H groups in total. The first-order valence-corrected chi connectivity index (χ1v) is 7.37. The molecule has 0 aliphatic heterocycles. The predicted molar refractivity (Wildman–Crippen MR) is 88.7 cm³/mol. The van der Waals surface area contributed by atoms with Gasteiger partial charge in [0.15, 0.2) is 5.96 Å². The van der Waals surface area contributed by atoms with Gasteiger partial charge < -0.3 is 10.6 Å². The molecule has 118 valence electrons. The van der Waals surface area contributed by atoms with Crippen molar-refractivity contribution in [3.63, 3.8) is 0 Å². The Morgan fingerprint density at radius 1 is 1.23 bits per heavy atom. The highest BCUT2D eigenvalue weighted by Crippen LogP contribution is 2.11. The molecular weight excluding hydrogens is 276 g/mol. The first-order chi connectivity index (χ1) is 10.5. The first-order valence-electron chi connectivity index (χ1n) is 7.37. The number of hydrogen-bond donors (Lipinski definition) is 2. The summed E-state index contributed by atoms with van der Waals surface area (Å²) in [6.07, 6.45) is 1.81. The zero-order valence-electron chi connectivity index (χ0n) is 13.9. The van der Waals surface area contributed by atoms with E-state index in [4.69, 9.17) is 0 Å². The zero-order chi connectivity index (χ0) is 16.1. The SMILES string of the molecule is CN=C(NCc1ncccc1C)NCc1c(C)nn(C)c1C. The molecule has 2 aromatic rings. The summed E-state index contributed by atoms with van der Waals surface area (Å²) >= 11 is 0. The van der Waals surface area contributed by atoms with Crippen molar-refractivity contribution >= 4 is 5.96 Å². The average Bonchev–Trinajstić information content (AvgIpc) is 2.74. The lowest BCUT2D eigenvalue weighted by atomic mass is 10.2. The summed E-state index contributed by atoms with van der Waals surface area (Å²) in [7, 11) is 3.73. The van der Waals surface area contributed by atoms with Gasteiger partial charge in [-0.15, -0.1) is 0 Å². The van der Waals surface area contributed by atoms with Gasteiger partial charge in [-0.1, -0.05) is 6.07 Å². The predicted octanol–water partition coefficient (Wildman–Crippen LogP) is 1.61. The van der Waals surface area contributed by atoms with Gasteiger partial charge in [-0.05, 0) is 32.4 Å². The van der Waals surface area contributed by atoms with E-state index in [0.29, 0.717) is 13.1 Å². The van der Waals surface area contributed by atoms with E-state index in [1.54, 1.807) is 7.05 Å². The van der Waals surface area contributed by atoms with Crippen molar-refractivity contribution < 1.29 is 0 Å². The van der Waals surface area contributed by atoms with E-state index in [-0.39, 0.29) is 0 Å². The smallest absolute Gasteiger partial charge is 0.191 e. The second-order valence-electron chi connectivity index (χ2n) is 5.32. The number of rotatable bonds is 4. The zero-order valence-corrected chi connectivity index (χ0v) is 13.9. The molecule has 0 spiro atoms. The van der Waals surface area contributed by atoms with Crippen LogP contribution < -0.4 is 10.6 Å². The van der Waals surface area contributed by atoms with E-state index < -0.39 is 0 Å². The minimum absolute atomic E-state index is 0.650. The molecular formula is C16H24N6. The maximum atomic E-state index is 4.43. The van der Waals surface area contributed by atoms with Crippen molar-refractivity contribution in [3.8, 4) is 0 Å². The molecule has 0 saturated carbocycles. The minimum Gasteiger partial charge on any atom is -0.352 e. The quantitative estimate of drug-likeness (QED) is 0.665. The van der Waals surface area contributed by atoms with Gasteiger partial charge in [-0.3, -0.25) is 14.7 Å². The molecule has 0 unspecified atom stereocenters. The Labute approximate surface area is 131 Å². The van der Waals surface area contributed by atoms with Crippen LogP contribution in [0.4, 0.5) is 0 Å². The number of hydrogen-bond acceptors (Lipinski definition) is 3. The highest BCUT2D eigenvalue weighted by Gasteiger charge is 2.09. The van der Waals surface area contributed by atoms with Crippen LogP contribution in [0.5, 0.6) is 0 Å². The molecule has 0 aliphatic carbocycles. The van der Waals surface area contributed by atoms with Crippen LogP contribution in [0.25, 0.3) is 0 Å². The number of aryl methyl sites for hydroxylation is 3. The molecule has 6 nitrogen and oxygen atoms in total. The Kier molecular flexibility index (Phi) is 5.14. The maximum absolute atomic E-state index is 4.43. The van der Waals surface area contributed by atoms with E-state index in [0.717, 1.165) is 17.3 Å². The van der Waals surface area contributed by atoms with Crippen LogP contribution in [-0.2, 0) is 20.1 Å². The first kappa shape index (κ1) is 16.0. The summed E-state index contributed by atoms with van der Waals surface area (Å²) in [6, 6.07) is 4.00. The van der Waals surface area contributed by atoms with Crippen LogP contribution in [0, 0.1) is 20.8 Å². The maximum Gasteiger partial charge on any atom is 0.191 e. The number of nitrogens with one attached hydrogen (secondary N) is 2. The highest BCUT2D eigenvalue weighted by molar-refractivity contribution is 5.79. The van der Waals surface area contributed by atoms with E-state index in [2.05, 4.69) is 45.6 Å². The number of guanidine groups is 1. The van der Waals surface area contributed by atoms with Crippen molar-refractivity contribution in [2.45, 2.75) is 33.9 Å². The Morgan fingerprint density at radius 2 is 1.95 bits per heavy atom. The Morgan fingerprint density at radius 3 is 2.55 bits per heavy atom. The normalized spacial score (nSPS) is 11.6. The number of nitrogens with zero attached hydrogens (tertiary/aromatic N) is 4. The van der Waals surface area contributed by atoms with Crippen LogP contribution in [0.15, 0.2) is 23.3 Å². The largest absolute Gasteiger partial charge is 0.352 e. The lowest BCUT2D eigenvalue weighted by Crippen LogP contribution is -2.36. The van der Waals surface area contributed by atoms with Gasteiger partial charge in [0.25, 0.3) is 0 Å². The van der Waals surface area contributed by atoms with Gasteiger partial charge in [0.05, 0.1) is 17.9 Å². The monoisotopic (exact) mass is 300 g/mol. The topological polar surface area (TPSA) is 67.1 Å². The summed E-state index contributed by atoms with van der Waals surface area (Å²) in [5.74, 6) is 0.757. The molecule has 22 heavy (non-hydrogen) atoms. The fraction of sp³-hybridized carbons (Fsp3) is 0.438. The molecule has 0 aliphatic rings. The number of pyridine rings is 1. The van der Waals surface area contributed by atoms with Crippen molar-refractivity contribution in [3.05, 3.63) is 46.5 Å². The lowest BCUT2D eigenvalue weighted by molar-refractivity contribution is 0.728. The molecule has 2 rings (SSSR count). The molecule has 6 heteroatoms. The van der Waals surface area contributed by atoms with Gasteiger partial charge in [0, 0.05) is 38.1 Å². The van der Waals surface area contributed by atoms with E-state index in [9.17, 15) is 0 Å². The van der Waals surface area contributed by atoms with Gasteiger partial charge in [-0.25, -0.2) is 0 Å². The third-order valence-electron chi connectivity index (χ3n) is 3.86. The molecule has 0 fully saturated rings. The number of aliphatic imine (C=N–C) groups is 1. The second-order valence-corrected chi connectivity index (χ2v) is 5.32. The van der Waals surface area contributed by atoms with Crippen LogP contribution in [-0.4, -0.2) is 27.8 Å². The summed E-state index contributed by atoms with van der Waals surface area (Å²) in [5.41, 5.74) is 5.62. The summed E-state index contributed by atoms with van der Waals surface area (Å²) in [6.45, 7) is 7.51. The van der Waals surface area contributed by atoms with Crippen LogP contribution in [0.2, 0.25) is 0 Å². The standard InChI is InChI=1S/C16H24N6/c1-11-7-6-8-18-15(11)10-20-16(17-4)19-9-14-12(2)21-22(5)13(14)3/h6-8H,9-10H2,1-5H3,(H2,17,19,20). The van der Waals surface area contributed by atoms with E-state index in [1.807, 2.05) is 30.9 Å². The fourth-order valence-corrected chi connectivity index (χ4v) is 2.34. The molecule has 0 radical (unpaired) electrons. The highest BCUT2D eigenvalue weighted by atomic mass is 15.3.